The SMILES string of the molecule is CCCCC(CC)CC1(CC(CC)CCCC)c2ccsc2-c2sc[c]([Sn]([CH3])([CH3])[CH3])c21. The zero-order chi connectivity index (χ0) is 22.6. The first kappa shape index (κ1) is 25.8. The predicted octanol–water partition coefficient (Wildman–Crippen LogP) is 9.83. The molecule has 31 heavy (non-hydrogen) atoms. The van der Waals surface area contributed by atoms with Crippen molar-refractivity contribution >= 4 is 44.6 Å². The van der Waals surface area contributed by atoms with Gasteiger partial charge in [0.05, 0.1) is 0 Å². The molecule has 2 atom stereocenters. The van der Waals surface area contributed by atoms with Crippen molar-refractivity contribution < 1.29 is 0 Å². The fourth-order valence-electron chi connectivity index (χ4n) is 5.93. The van der Waals surface area contributed by atoms with Crippen molar-refractivity contribution in [2.24, 2.45) is 11.8 Å². The van der Waals surface area contributed by atoms with Gasteiger partial charge in [-0.2, -0.15) is 0 Å². The molecule has 2 unspecified atom stereocenters. The van der Waals surface area contributed by atoms with Gasteiger partial charge in [-0.15, -0.1) is 0 Å². The van der Waals surface area contributed by atoms with Gasteiger partial charge in [0.25, 0.3) is 0 Å². The quantitative estimate of drug-likeness (QED) is 0.212. The fourth-order valence-corrected chi connectivity index (χ4v) is 15.5. The summed E-state index contributed by atoms with van der Waals surface area (Å²) in [5, 5.41) is 5.00. The molecule has 1 aliphatic carbocycles. The second kappa shape index (κ2) is 11.1. The van der Waals surface area contributed by atoms with Crippen LogP contribution in [-0.4, -0.2) is 18.4 Å². The number of unbranched alkanes of at least 4 members (excludes halogenated alkanes) is 2. The van der Waals surface area contributed by atoms with E-state index in [1.807, 2.05) is 20.5 Å². The molecule has 0 bridgehead atoms. The molecule has 0 amide bonds. The Kier molecular flexibility index (Phi) is 9.23. The Balaban J connectivity index is 2.14. The van der Waals surface area contributed by atoms with Gasteiger partial charge < -0.3 is 0 Å². The van der Waals surface area contributed by atoms with Crippen LogP contribution in [0.3, 0.4) is 0 Å². The Hall–Kier alpha value is 0.199. The summed E-state index contributed by atoms with van der Waals surface area (Å²) in [7, 11) is 0. The minimum absolute atomic E-state index is 0.285. The minimum atomic E-state index is -2.22. The summed E-state index contributed by atoms with van der Waals surface area (Å²) in [4.78, 5) is 11.2. The van der Waals surface area contributed by atoms with Crippen molar-refractivity contribution in [1.29, 1.82) is 0 Å². The number of fused-ring (bicyclic) bond motifs is 3. The van der Waals surface area contributed by atoms with E-state index in [4.69, 9.17) is 0 Å². The van der Waals surface area contributed by atoms with Crippen LogP contribution in [0.4, 0.5) is 0 Å². The van der Waals surface area contributed by atoms with Crippen molar-refractivity contribution in [1.82, 2.24) is 0 Å². The molecule has 174 valence electrons. The van der Waals surface area contributed by atoms with Crippen LogP contribution >= 0.6 is 22.7 Å². The molecule has 0 aliphatic heterocycles. The molecule has 0 saturated carbocycles. The van der Waals surface area contributed by atoms with Gasteiger partial charge in [-0.25, -0.2) is 0 Å². The van der Waals surface area contributed by atoms with Gasteiger partial charge in [0.2, 0.25) is 0 Å². The van der Waals surface area contributed by atoms with Crippen LogP contribution in [0.2, 0.25) is 14.8 Å². The maximum atomic E-state index is 2.64. The molecule has 3 heteroatoms. The molecule has 0 radical (unpaired) electrons. The monoisotopic (exact) mass is 566 g/mol. The first-order valence-corrected chi connectivity index (χ1v) is 24.8. The van der Waals surface area contributed by atoms with E-state index in [-0.39, 0.29) is 5.41 Å². The van der Waals surface area contributed by atoms with Crippen molar-refractivity contribution in [2.75, 3.05) is 0 Å². The second-order valence-electron chi connectivity index (χ2n) is 11.1. The molecule has 2 heterocycles. The Morgan fingerprint density at radius 2 is 1.42 bits per heavy atom. The van der Waals surface area contributed by atoms with Crippen molar-refractivity contribution in [3.8, 4) is 9.75 Å². The number of thiophene rings is 2. The third kappa shape index (κ3) is 5.32. The standard InChI is InChI=1S/C25H37S2.3CH3.Sn/c1-5-9-11-19(7-3)17-25(18-20(8-4)12-10-6-2)21-13-15-26-23(21)24-22(25)14-16-27-24;;;;/h13,15-16,19-20H,5-12,17-18H2,1-4H3;3*1H3;. The van der Waals surface area contributed by atoms with Crippen LogP contribution in [0.1, 0.15) is 103 Å². The topological polar surface area (TPSA) is 0 Å². The van der Waals surface area contributed by atoms with E-state index < -0.39 is 18.4 Å². The van der Waals surface area contributed by atoms with Gasteiger partial charge in [-0.3, -0.25) is 0 Å². The summed E-state index contributed by atoms with van der Waals surface area (Å²) in [6, 6.07) is 2.54. The van der Waals surface area contributed by atoms with Crippen LogP contribution in [0, 0.1) is 11.8 Å². The van der Waals surface area contributed by atoms with Gasteiger partial charge in [0.15, 0.2) is 0 Å². The van der Waals surface area contributed by atoms with Crippen LogP contribution < -0.4 is 3.58 Å². The third-order valence-electron chi connectivity index (χ3n) is 7.83. The third-order valence-corrected chi connectivity index (χ3v) is 16.2. The van der Waals surface area contributed by atoms with Crippen molar-refractivity contribution in [3.63, 3.8) is 0 Å². The summed E-state index contributed by atoms with van der Waals surface area (Å²) in [5.41, 5.74) is 3.85. The van der Waals surface area contributed by atoms with Crippen LogP contribution in [0.25, 0.3) is 9.75 Å². The van der Waals surface area contributed by atoms with Gasteiger partial charge in [0, 0.05) is 0 Å². The summed E-state index contributed by atoms with van der Waals surface area (Å²) in [6.45, 7) is 9.61. The molecule has 0 fully saturated rings. The van der Waals surface area contributed by atoms with Crippen LogP contribution in [0.15, 0.2) is 16.8 Å². The average Bonchev–Trinajstić information content (AvgIpc) is 3.43. The van der Waals surface area contributed by atoms with E-state index >= 15 is 0 Å². The molecular formula is C28H46S2Sn. The summed E-state index contributed by atoms with van der Waals surface area (Å²) in [6.07, 6.45) is 13.7. The van der Waals surface area contributed by atoms with E-state index in [1.165, 1.54) is 64.2 Å². The molecule has 0 spiro atoms. The molecule has 0 aromatic carbocycles. The van der Waals surface area contributed by atoms with E-state index in [9.17, 15) is 0 Å². The van der Waals surface area contributed by atoms with Gasteiger partial charge in [0.1, 0.15) is 0 Å². The van der Waals surface area contributed by atoms with Gasteiger partial charge >= 0.3 is 206 Å². The maximum absolute atomic E-state index is 2.64. The molecule has 1 aliphatic rings. The fraction of sp³-hybridized carbons (Fsp3) is 0.714. The number of hydrogen-bond donors (Lipinski definition) is 0. The Bertz CT molecular complexity index is 804. The normalized spacial score (nSPS) is 20.0. The molecule has 2 aromatic heterocycles. The first-order valence-electron chi connectivity index (χ1n) is 13.0. The predicted molar refractivity (Wildman–Crippen MR) is 147 cm³/mol. The van der Waals surface area contributed by atoms with E-state index in [0.29, 0.717) is 0 Å². The Labute approximate surface area is 205 Å². The Morgan fingerprint density at radius 3 is 1.90 bits per heavy atom. The van der Waals surface area contributed by atoms with E-state index in [1.54, 1.807) is 15.3 Å². The van der Waals surface area contributed by atoms with Crippen molar-refractivity contribution in [2.45, 2.75) is 112 Å². The summed E-state index contributed by atoms with van der Waals surface area (Å²) < 4.78 is 1.84. The second-order valence-corrected chi connectivity index (χ2v) is 27.3. The van der Waals surface area contributed by atoms with E-state index in [0.717, 1.165) is 11.8 Å². The van der Waals surface area contributed by atoms with Gasteiger partial charge in [-0.05, 0) is 0 Å². The molecule has 2 aromatic rings. The van der Waals surface area contributed by atoms with Crippen molar-refractivity contribution in [3.05, 3.63) is 28.0 Å². The zero-order valence-electron chi connectivity index (χ0n) is 21.3. The number of rotatable bonds is 13. The molecule has 0 nitrogen and oxygen atoms in total. The van der Waals surface area contributed by atoms with Gasteiger partial charge in [-0.1, -0.05) is 0 Å². The first-order chi connectivity index (χ1) is 14.8. The molecular weight excluding hydrogens is 519 g/mol. The zero-order valence-corrected chi connectivity index (χ0v) is 25.8. The van der Waals surface area contributed by atoms with E-state index in [2.05, 4.69) is 70.7 Å². The summed E-state index contributed by atoms with van der Waals surface area (Å²) in [5.74, 6) is 1.70. The molecule has 0 N–H and O–H groups in total. The average molecular weight is 566 g/mol. The molecule has 3 rings (SSSR count). The number of hydrogen-bond acceptors (Lipinski definition) is 2. The Morgan fingerprint density at radius 1 is 0.839 bits per heavy atom. The summed E-state index contributed by atoms with van der Waals surface area (Å²) >= 11 is 1.88. The molecule has 0 saturated heterocycles. The van der Waals surface area contributed by atoms with Crippen LogP contribution in [-0.2, 0) is 5.41 Å². The van der Waals surface area contributed by atoms with Crippen LogP contribution in [0.5, 0.6) is 0 Å².